The third-order valence-corrected chi connectivity index (χ3v) is 8.81. The zero-order valence-corrected chi connectivity index (χ0v) is 24.2. The van der Waals surface area contributed by atoms with Crippen LogP contribution in [0.15, 0.2) is 152 Å². The van der Waals surface area contributed by atoms with Crippen LogP contribution in [0.5, 0.6) is 0 Å². The SMILES string of the molecule is CCC1Nc2ccccc2N1c1ccc(-c2c3ccccc3c(-c3cccc(-c4ccccc4)c3)c3ccccc23)cc1. The Hall–Kier alpha value is -5.34. The molecule has 1 aliphatic heterocycles. The molecule has 1 N–H and O–H groups in total. The molecule has 7 aromatic carbocycles. The van der Waals surface area contributed by atoms with Gasteiger partial charge >= 0.3 is 0 Å². The molecule has 0 aliphatic carbocycles. The summed E-state index contributed by atoms with van der Waals surface area (Å²) in [5, 5.41) is 8.78. The molecule has 1 aliphatic rings. The van der Waals surface area contributed by atoms with Gasteiger partial charge in [-0.1, -0.05) is 128 Å². The summed E-state index contributed by atoms with van der Waals surface area (Å²) < 4.78 is 0. The lowest BCUT2D eigenvalue weighted by molar-refractivity contribution is 0.728. The summed E-state index contributed by atoms with van der Waals surface area (Å²) in [4.78, 5) is 2.43. The van der Waals surface area contributed by atoms with Gasteiger partial charge in [0.2, 0.25) is 0 Å². The van der Waals surface area contributed by atoms with Gasteiger partial charge in [0.25, 0.3) is 0 Å². The minimum Gasteiger partial charge on any atom is -0.363 e. The van der Waals surface area contributed by atoms with Gasteiger partial charge in [-0.15, -0.1) is 0 Å². The molecule has 0 saturated carbocycles. The van der Waals surface area contributed by atoms with Gasteiger partial charge in [-0.2, -0.15) is 0 Å². The molecule has 2 nitrogen and oxygen atoms in total. The molecule has 0 amide bonds. The van der Waals surface area contributed by atoms with Crippen LogP contribution in [0.2, 0.25) is 0 Å². The molecule has 43 heavy (non-hydrogen) atoms. The van der Waals surface area contributed by atoms with Crippen LogP contribution >= 0.6 is 0 Å². The van der Waals surface area contributed by atoms with Crippen LogP contribution in [0, 0.1) is 0 Å². The fraction of sp³-hybridized carbons (Fsp3) is 0.0732. The van der Waals surface area contributed by atoms with Crippen LogP contribution in [-0.4, -0.2) is 6.17 Å². The first-order chi connectivity index (χ1) is 21.3. The molecule has 7 aromatic rings. The van der Waals surface area contributed by atoms with Crippen molar-refractivity contribution in [1.82, 2.24) is 0 Å². The average Bonchev–Trinajstić information content (AvgIpc) is 3.46. The number of nitrogens with one attached hydrogen (secondary N) is 1. The van der Waals surface area contributed by atoms with Crippen molar-refractivity contribution in [3.05, 3.63) is 152 Å². The van der Waals surface area contributed by atoms with E-state index in [1.165, 1.54) is 72.0 Å². The molecular formula is C41H32N2. The third kappa shape index (κ3) is 4.26. The number of hydrogen-bond donors (Lipinski definition) is 1. The van der Waals surface area contributed by atoms with E-state index >= 15 is 0 Å². The highest BCUT2D eigenvalue weighted by atomic mass is 15.3. The van der Waals surface area contributed by atoms with E-state index in [9.17, 15) is 0 Å². The molecule has 0 radical (unpaired) electrons. The number of para-hydroxylation sites is 2. The summed E-state index contributed by atoms with van der Waals surface area (Å²) in [6.45, 7) is 2.24. The molecule has 0 fully saturated rings. The van der Waals surface area contributed by atoms with Gasteiger partial charge in [0, 0.05) is 5.69 Å². The predicted molar refractivity (Wildman–Crippen MR) is 184 cm³/mol. The van der Waals surface area contributed by atoms with Crippen LogP contribution in [-0.2, 0) is 0 Å². The van der Waals surface area contributed by atoms with Crippen molar-refractivity contribution < 1.29 is 0 Å². The second-order valence-electron chi connectivity index (χ2n) is 11.3. The summed E-state index contributed by atoms with van der Waals surface area (Å²) in [5.74, 6) is 0. The number of anilines is 3. The van der Waals surface area contributed by atoms with Crippen molar-refractivity contribution >= 4 is 38.6 Å². The fourth-order valence-corrected chi connectivity index (χ4v) is 6.85. The van der Waals surface area contributed by atoms with E-state index in [2.05, 4.69) is 169 Å². The van der Waals surface area contributed by atoms with Crippen molar-refractivity contribution in [3.8, 4) is 33.4 Å². The highest BCUT2D eigenvalue weighted by Crippen LogP contribution is 2.45. The Kier molecular flexibility index (Phi) is 6.19. The summed E-state index contributed by atoms with van der Waals surface area (Å²) in [6, 6.07) is 55.2. The Morgan fingerprint density at radius 3 is 1.67 bits per heavy atom. The minimum absolute atomic E-state index is 0.246. The van der Waals surface area contributed by atoms with Crippen molar-refractivity contribution in [1.29, 1.82) is 0 Å². The van der Waals surface area contributed by atoms with Gasteiger partial charge in [0.05, 0.1) is 11.4 Å². The second kappa shape index (κ2) is 10.5. The number of nitrogens with zero attached hydrogens (tertiary/aromatic N) is 1. The normalized spacial score (nSPS) is 14.2. The van der Waals surface area contributed by atoms with Gasteiger partial charge in [-0.25, -0.2) is 0 Å². The average molecular weight is 553 g/mol. The fourth-order valence-electron chi connectivity index (χ4n) is 6.85. The summed E-state index contributed by atoms with van der Waals surface area (Å²) in [5.41, 5.74) is 11.1. The predicted octanol–water partition coefficient (Wildman–Crippen LogP) is 11.3. The smallest absolute Gasteiger partial charge is 0.104 e. The van der Waals surface area contributed by atoms with E-state index in [4.69, 9.17) is 0 Å². The summed E-state index contributed by atoms with van der Waals surface area (Å²) in [7, 11) is 0. The van der Waals surface area contributed by atoms with E-state index < -0.39 is 0 Å². The number of benzene rings is 7. The van der Waals surface area contributed by atoms with Gasteiger partial charge in [-0.3, -0.25) is 0 Å². The molecule has 0 spiro atoms. The highest BCUT2D eigenvalue weighted by molar-refractivity contribution is 6.21. The molecule has 1 atom stereocenters. The quantitative estimate of drug-likeness (QED) is 0.214. The number of rotatable bonds is 5. The number of fused-ring (bicyclic) bond motifs is 3. The summed E-state index contributed by atoms with van der Waals surface area (Å²) >= 11 is 0. The van der Waals surface area contributed by atoms with E-state index in [-0.39, 0.29) is 6.17 Å². The monoisotopic (exact) mass is 552 g/mol. The van der Waals surface area contributed by atoms with E-state index in [0.717, 1.165) is 6.42 Å². The Morgan fingerprint density at radius 1 is 0.488 bits per heavy atom. The lowest BCUT2D eigenvalue weighted by atomic mass is 9.85. The highest BCUT2D eigenvalue weighted by Gasteiger charge is 2.28. The first-order valence-electron chi connectivity index (χ1n) is 15.1. The molecular weight excluding hydrogens is 520 g/mol. The van der Waals surface area contributed by atoms with E-state index in [0.29, 0.717) is 0 Å². The number of hydrogen-bond acceptors (Lipinski definition) is 2. The Bertz CT molecular complexity index is 2040. The maximum atomic E-state index is 3.69. The molecule has 1 heterocycles. The standard InChI is InChI=1S/C41H32N2/c1-2-39-42-37-21-10-11-22-38(37)43(39)32-25-23-29(24-26-32)40-33-17-6-8-19-35(33)41(36-20-9-7-18-34(36)40)31-16-12-15-30(27-31)28-13-4-3-5-14-28/h3-27,39,42H,2H2,1H3. The third-order valence-electron chi connectivity index (χ3n) is 8.81. The molecule has 0 saturated heterocycles. The van der Waals surface area contributed by atoms with Crippen LogP contribution in [0.4, 0.5) is 17.1 Å². The first-order valence-corrected chi connectivity index (χ1v) is 15.1. The lowest BCUT2D eigenvalue weighted by Crippen LogP contribution is -2.30. The Labute approximate surface area is 252 Å². The maximum Gasteiger partial charge on any atom is 0.104 e. The van der Waals surface area contributed by atoms with Gasteiger partial charge in [0.1, 0.15) is 6.17 Å². The molecule has 8 rings (SSSR count). The summed E-state index contributed by atoms with van der Waals surface area (Å²) in [6.07, 6.45) is 1.26. The van der Waals surface area contributed by atoms with E-state index in [1.807, 2.05) is 0 Å². The topological polar surface area (TPSA) is 15.3 Å². The van der Waals surface area contributed by atoms with Gasteiger partial charge < -0.3 is 10.2 Å². The first kappa shape index (κ1) is 25.4. The van der Waals surface area contributed by atoms with Crippen molar-refractivity contribution in [2.45, 2.75) is 19.5 Å². The van der Waals surface area contributed by atoms with Crippen LogP contribution in [0.25, 0.3) is 54.9 Å². The molecule has 0 bridgehead atoms. The van der Waals surface area contributed by atoms with Crippen molar-refractivity contribution in [2.24, 2.45) is 0 Å². The van der Waals surface area contributed by atoms with E-state index in [1.54, 1.807) is 0 Å². The molecule has 0 aromatic heterocycles. The van der Waals surface area contributed by atoms with Crippen LogP contribution in [0.1, 0.15) is 13.3 Å². The van der Waals surface area contributed by atoms with Gasteiger partial charge in [-0.05, 0) is 91.7 Å². The van der Waals surface area contributed by atoms with Gasteiger partial charge in [0.15, 0.2) is 0 Å². The maximum absolute atomic E-state index is 3.69. The van der Waals surface area contributed by atoms with Crippen molar-refractivity contribution in [3.63, 3.8) is 0 Å². The van der Waals surface area contributed by atoms with Crippen LogP contribution < -0.4 is 10.2 Å². The molecule has 206 valence electrons. The minimum atomic E-state index is 0.246. The second-order valence-corrected chi connectivity index (χ2v) is 11.3. The largest absolute Gasteiger partial charge is 0.363 e. The molecule has 2 heteroatoms. The lowest BCUT2D eigenvalue weighted by Gasteiger charge is -2.26. The zero-order valence-electron chi connectivity index (χ0n) is 24.2. The van der Waals surface area contributed by atoms with Crippen LogP contribution in [0.3, 0.4) is 0 Å². The Morgan fingerprint density at radius 2 is 1.02 bits per heavy atom. The Balaban J connectivity index is 1.30. The van der Waals surface area contributed by atoms with Crippen molar-refractivity contribution in [2.75, 3.05) is 10.2 Å². The zero-order chi connectivity index (χ0) is 28.8. The molecule has 1 unspecified atom stereocenters.